The third-order valence-corrected chi connectivity index (χ3v) is 0.930. The molecule has 90 valence electrons. The minimum Gasteiger partial charge on any atom is -0.481 e. The molecule has 1 atom stereocenters. The molecule has 1 unspecified atom stereocenters. The van der Waals surface area contributed by atoms with Crippen LogP contribution in [0, 0.1) is 5.41 Å². The van der Waals surface area contributed by atoms with Crippen molar-refractivity contribution >= 4 is 11.9 Å². The van der Waals surface area contributed by atoms with Crippen LogP contribution in [-0.4, -0.2) is 23.0 Å². The maximum atomic E-state index is 10.3. The van der Waals surface area contributed by atoms with Gasteiger partial charge in [-0.15, -0.1) is 0 Å². The van der Waals surface area contributed by atoms with Crippen LogP contribution in [0.5, 0.6) is 0 Å². The quantitative estimate of drug-likeness (QED) is 0.760. The van der Waals surface area contributed by atoms with E-state index < -0.39 is 5.97 Å². The van der Waals surface area contributed by atoms with Crippen molar-refractivity contribution < 1.29 is 14.7 Å². The van der Waals surface area contributed by atoms with Gasteiger partial charge in [0.1, 0.15) is 0 Å². The molecule has 0 aliphatic rings. The number of nitrogens with one attached hydrogen (secondary N) is 1. The van der Waals surface area contributed by atoms with E-state index in [1.807, 2.05) is 0 Å². The fourth-order valence-corrected chi connectivity index (χ4v) is 0.660. The first-order chi connectivity index (χ1) is 6.52. The van der Waals surface area contributed by atoms with Crippen molar-refractivity contribution in [3.63, 3.8) is 0 Å². The molecule has 0 rings (SSSR count). The lowest BCUT2D eigenvalue weighted by Crippen LogP contribution is -2.32. The van der Waals surface area contributed by atoms with E-state index >= 15 is 0 Å². The average Bonchev–Trinajstić information content (AvgIpc) is 1.76. The third kappa shape index (κ3) is 32.2. The minimum atomic E-state index is -0.902. The number of carboxylic acids is 1. The largest absolute Gasteiger partial charge is 0.481 e. The van der Waals surface area contributed by atoms with E-state index in [-0.39, 0.29) is 18.4 Å². The Labute approximate surface area is 92.1 Å². The maximum Gasteiger partial charge on any atom is 0.305 e. The van der Waals surface area contributed by atoms with E-state index in [4.69, 9.17) is 5.11 Å². The van der Waals surface area contributed by atoms with Crippen molar-refractivity contribution in [3.8, 4) is 0 Å². The zero-order chi connectivity index (χ0) is 12.6. The number of carboxylic acid groups (broad SMARTS) is 1. The van der Waals surface area contributed by atoms with Crippen LogP contribution in [0.2, 0.25) is 0 Å². The van der Waals surface area contributed by atoms with Gasteiger partial charge in [0.05, 0.1) is 6.42 Å². The summed E-state index contributed by atoms with van der Waals surface area (Å²) in [5, 5.41) is 10.7. The van der Waals surface area contributed by atoms with Crippen LogP contribution in [0.4, 0.5) is 0 Å². The Balaban J connectivity index is 0. The molecule has 0 aliphatic carbocycles. The highest BCUT2D eigenvalue weighted by Crippen LogP contribution is 2.08. The first kappa shape index (κ1) is 16.4. The third-order valence-electron chi connectivity index (χ3n) is 0.930. The molecule has 2 N–H and O–H groups in total. The van der Waals surface area contributed by atoms with Crippen LogP contribution in [0.1, 0.15) is 48.0 Å². The standard InChI is InChI=1S/C6H11NO3.C5H12/c1-4(3-6(9)10)7-5(2)8;1-5(2,3)4/h4H,3H2,1-2H3,(H,7,8)(H,9,10);1-4H3. The van der Waals surface area contributed by atoms with Crippen LogP contribution in [0.25, 0.3) is 0 Å². The van der Waals surface area contributed by atoms with Crippen molar-refractivity contribution in [1.82, 2.24) is 5.32 Å². The van der Waals surface area contributed by atoms with Gasteiger partial charge in [-0.05, 0) is 12.3 Å². The van der Waals surface area contributed by atoms with E-state index in [2.05, 4.69) is 33.0 Å². The molecule has 0 aromatic rings. The predicted molar refractivity (Wildman–Crippen MR) is 60.7 cm³/mol. The van der Waals surface area contributed by atoms with Gasteiger partial charge in [0.15, 0.2) is 0 Å². The molecule has 0 aromatic heterocycles. The van der Waals surface area contributed by atoms with Gasteiger partial charge in [0.2, 0.25) is 5.91 Å². The van der Waals surface area contributed by atoms with E-state index in [0.29, 0.717) is 5.41 Å². The van der Waals surface area contributed by atoms with Crippen molar-refractivity contribution in [2.75, 3.05) is 0 Å². The zero-order valence-electron chi connectivity index (χ0n) is 10.5. The molecule has 0 aliphatic heterocycles. The van der Waals surface area contributed by atoms with Crippen LogP contribution in [-0.2, 0) is 9.59 Å². The predicted octanol–water partition coefficient (Wildman–Crippen LogP) is 2.04. The molecule has 0 spiro atoms. The summed E-state index contributed by atoms with van der Waals surface area (Å²) in [6.45, 7) is 11.8. The fourth-order valence-electron chi connectivity index (χ4n) is 0.660. The van der Waals surface area contributed by atoms with E-state index in [9.17, 15) is 9.59 Å². The monoisotopic (exact) mass is 217 g/mol. The molecule has 0 heterocycles. The molecular weight excluding hydrogens is 194 g/mol. The normalized spacial score (nSPS) is 12.1. The molecule has 0 bridgehead atoms. The van der Waals surface area contributed by atoms with Gasteiger partial charge in [-0.1, -0.05) is 27.7 Å². The lowest BCUT2D eigenvalue weighted by Gasteiger charge is -2.07. The smallest absolute Gasteiger partial charge is 0.305 e. The number of amides is 1. The van der Waals surface area contributed by atoms with Crippen molar-refractivity contribution in [3.05, 3.63) is 0 Å². The summed E-state index contributed by atoms with van der Waals surface area (Å²) in [5.74, 6) is -1.10. The van der Waals surface area contributed by atoms with Gasteiger partial charge >= 0.3 is 5.97 Å². The van der Waals surface area contributed by atoms with Crippen molar-refractivity contribution in [1.29, 1.82) is 0 Å². The second-order valence-electron chi connectivity index (χ2n) is 5.20. The summed E-state index contributed by atoms with van der Waals surface area (Å²) >= 11 is 0. The van der Waals surface area contributed by atoms with Gasteiger partial charge in [-0.3, -0.25) is 9.59 Å². The van der Waals surface area contributed by atoms with E-state index in [1.165, 1.54) is 6.92 Å². The van der Waals surface area contributed by atoms with Crippen LogP contribution < -0.4 is 5.32 Å². The number of carbonyl (C=O) groups excluding carboxylic acids is 1. The Hall–Kier alpha value is -1.06. The highest BCUT2D eigenvalue weighted by molar-refractivity contribution is 5.74. The van der Waals surface area contributed by atoms with Gasteiger partial charge in [-0.2, -0.15) is 0 Å². The van der Waals surface area contributed by atoms with Crippen LogP contribution in [0.15, 0.2) is 0 Å². The van der Waals surface area contributed by atoms with Gasteiger partial charge in [-0.25, -0.2) is 0 Å². The molecular formula is C11H23NO3. The average molecular weight is 217 g/mol. The summed E-state index contributed by atoms with van der Waals surface area (Å²) in [4.78, 5) is 20.4. The Kier molecular flexibility index (Phi) is 7.92. The Morgan fingerprint density at radius 2 is 1.60 bits per heavy atom. The molecule has 4 heteroatoms. The van der Waals surface area contributed by atoms with Gasteiger partial charge < -0.3 is 10.4 Å². The Morgan fingerprint density at radius 1 is 1.27 bits per heavy atom. The maximum absolute atomic E-state index is 10.3. The number of hydrogen-bond donors (Lipinski definition) is 2. The first-order valence-electron chi connectivity index (χ1n) is 5.01. The number of hydrogen-bond acceptors (Lipinski definition) is 2. The number of aliphatic carboxylic acids is 1. The Bertz CT molecular complexity index is 184. The summed E-state index contributed by atoms with van der Waals surface area (Å²) in [6.07, 6.45) is -0.0282. The summed E-state index contributed by atoms with van der Waals surface area (Å²) in [5.41, 5.74) is 0.500. The van der Waals surface area contributed by atoms with E-state index in [0.717, 1.165) is 0 Å². The molecule has 0 saturated carbocycles. The highest BCUT2D eigenvalue weighted by atomic mass is 16.4. The van der Waals surface area contributed by atoms with Crippen molar-refractivity contribution in [2.45, 2.75) is 54.0 Å². The summed E-state index contributed by atoms with van der Waals surface area (Å²) in [7, 11) is 0. The summed E-state index contributed by atoms with van der Waals surface area (Å²) in [6, 6.07) is -0.282. The lowest BCUT2D eigenvalue weighted by molar-refractivity contribution is -0.137. The molecule has 4 nitrogen and oxygen atoms in total. The van der Waals surface area contributed by atoms with Crippen LogP contribution in [0.3, 0.4) is 0 Å². The topological polar surface area (TPSA) is 66.4 Å². The van der Waals surface area contributed by atoms with Gasteiger partial charge in [0, 0.05) is 13.0 Å². The molecule has 1 amide bonds. The molecule has 0 fully saturated rings. The second-order valence-corrected chi connectivity index (χ2v) is 5.20. The van der Waals surface area contributed by atoms with E-state index in [1.54, 1.807) is 6.92 Å². The fraction of sp³-hybridized carbons (Fsp3) is 0.818. The van der Waals surface area contributed by atoms with Crippen molar-refractivity contribution in [2.24, 2.45) is 5.41 Å². The first-order valence-corrected chi connectivity index (χ1v) is 5.01. The number of rotatable bonds is 3. The van der Waals surface area contributed by atoms with Crippen LogP contribution >= 0.6 is 0 Å². The van der Waals surface area contributed by atoms with Gasteiger partial charge in [0.25, 0.3) is 0 Å². The Morgan fingerprint density at radius 3 is 1.80 bits per heavy atom. The SMILES string of the molecule is CC(=O)NC(C)CC(=O)O.CC(C)(C)C. The zero-order valence-corrected chi connectivity index (χ0v) is 10.5. The lowest BCUT2D eigenvalue weighted by atomic mass is 10.0. The molecule has 15 heavy (non-hydrogen) atoms. The minimum absolute atomic E-state index is 0.0282. The number of carbonyl (C=O) groups is 2. The molecule has 0 radical (unpaired) electrons. The molecule has 0 aromatic carbocycles. The highest BCUT2D eigenvalue weighted by Gasteiger charge is 2.06. The summed E-state index contributed by atoms with van der Waals surface area (Å²) < 4.78 is 0. The second kappa shape index (κ2) is 7.26. The molecule has 0 saturated heterocycles.